The van der Waals surface area contributed by atoms with Crippen LogP contribution in [0.4, 0.5) is 0 Å². The quantitative estimate of drug-likeness (QED) is 0.624. The van der Waals surface area contributed by atoms with E-state index in [1.165, 1.54) is 12.8 Å². The third-order valence-electron chi connectivity index (χ3n) is 4.79. The highest BCUT2D eigenvalue weighted by molar-refractivity contribution is 5.85. The van der Waals surface area contributed by atoms with Crippen LogP contribution in [-0.2, 0) is 9.53 Å². The van der Waals surface area contributed by atoms with Gasteiger partial charge in [-0.25, -0.2) is 4.99 Å². The van der Waals surface area contributed by atoms with Crippen LogP contribution in [0.25, 0.3) is 0 Å². The molecule has 1 N–H and O–H groups in total. The van der Waals surface area contributed by atoms with Crippen LogP contribution in [0.3, 0.4) is 0 Å². The SMILES string of the molecule is CC1CC(C)CN(C(=NCC(=O)N(C)C)NCC2CCCCO2)C1. The van der Waals surface area contributed by atoms with Gasteiger partial charge in [0, 0.05) is 40.3 Å². The molecule has 0 bridgehead atoms. The molecule has 0 saturated carbocycles. The fourth-order valence-electron chi connectivity index (χ4n) is 3.56. The van der Waals surface area contributed by atoms with Crippen LogP contribution in [0, 0.1) is 11.8 Å². The highest BCUT2D eigenvalue weighted by Gasteiger charge is 2.25. The van der Waals surface area contributed by atoms with Crippen molar-refractivity contribution in [1.29, 1.82) is 0 Å². The number of carbonyl (C=O) groups excluding carboxylic acids is 1. The van der Waals surface area contributed by atoms with Crippen LogP contribution in [0.5, 0.6) is 0 Å². The summed E-state index contributed by atoms with van der Waals surface area (Å²) in [7, 11) is 3.54. The van der Waals surface area contributed by atoms with Crippen molar-refractivity contribution in [3.05, 3.63) is 0 Å². The van der Waals surface area contributed by atoms with Crippen molar-refractivity contribution in [2.75, 3.05) is 46.9 Å². The zero-order valence-electron chi connectivity index (χ0n) is 15.8. The largest absolute Gasteiger partial charge is 0.376 e. The second-order valence-corrected chi connectivity index (χ2v) is 7.65. The van der Waals surface area contributed by atoms with E-state index in [1.54, 1.807) is 19.0 Å². The van der Waals surface area contributed by atoms with Crippen LogP contribution in [0.2, 0.25) is 0 Å². The van der Waals surface area contributed by atoms with Crippen LogP contribution in [-0.4, -0.2) is 74.7 Å². The minimum atomic E-state index is 0.0290. The van der Waals surface area contributed by atoms with Gasteiger partial charge in [0.25, 0.3) is 0 Å². The van der Waals surface area contributed by atoms with E-state index in [-0.39, 0.29) is 18.6 Å². The molecule has 0 spiro atoms. The smallest absolute Gasteiger partial charge is 0.243 e. The second kappa shape index (κ2) is 9.25. The van der Waals surface area contributed by atoms with E-state index >= 15 is 0 Å². The first-order valence-electron chi connectivity index (χ1n) is 9.30. The number of likely N-dealkylation sites (N-methyl/N-ethyl adjacent to an activating group) is 1. The van der Waals surface area contributed by atoms with Gasteiger partial charge in [-0.2, -0.15) is 0 Å². The molecule has 2 aliphatic rings. The van der Waals surface area contributed by atoms with Crippen molar-refractivity contribution in [3.63, 3.8) is 0 Å². The molecular formula is C18H34N4O2. The maximum absolute atomic E-state index is 11.9. The highest BCUT2D eigenvalue weighted by Crippen LogP contribution is 2.21. The molecule has 0 aliphatic carbocycles. The Morgan fingerprint density at radius 3 is 2.54 bits per heavy atom. The van der Waals surface area contributed by atoms with Crippen LogP contribution in [0.1, 0.15) is 39.5 Å². The normalized spacial score (nSPS) is 28.6. The number of nitrogens with zero attached hydrogens (tertiary/aromatic N) is 3. The van der Waals surface area contributed by atoms with E-state index in [4.69, 9.17) is 4.74 Å². The summed E-state index contributed by atoms with van der Waals surface area (Å²) in [6, 6.07) is 0. The highest BCUT2D eigenvalue weighted by atomic mass is 16.5. The average Bonchev–Trinajstić information content (AvgIpc) is 2.54. The molecule has 0 aromatic heterocycles. The Kier molecular flexibility index (Phi) is 7.34. The lowest BCUT2D eigenvalue weighted by Gasteiger charge is -2.37. The molecule has 6 nitrogen and oxygen atoms in total. The molecule has 3 atom stereocenters. The summed E-state index contributed by atoms with van der Waals surface area (Å²) in [6.45, 7) is 8.39. The number of ether oxygens (including phenoxy) is 1. The fourth-order valence-corrected chi connectivity index (χ4v) is 3.56. The molecule has 2 rings (SSSR count). The van der Waals surface area contributed by atoms with Gasteiger partial charge in [0.1, 0.15) is 6.54 Å². The molecule has 6 heteroatoms. The van der Waals surface area contributed by atoms with Gasteiger partial charge in [-0.05, 0) is 37.5 Å². The third-order valence-corrected chi connectivity index (χ3v) is 4.79. The van der Waals surface area contributed by atoms with Gasteiger partial charge >= 0.3 is 0 Å². The van der Waals surface area contributed by atoms with Crippen LogP contribution >= 0.6 is 0 Å². The first-order valence-corrected chi connectivity index (χ1v) is 9.30. The number of nitrogens with one attached hydrogen (secondary N) is 1. The summed E-state index contributed by atoms with van der Waals surface area (Å²) in [4.78, 5) is 20.4. The second-order valence-electron chi connectivity index (χ2n) is 7.65. The number of aliphatic imine (C=N–C) groups is 1. The van der Waals surface area contributed by atoms with E-state index in [1.807, 2.05) is 0 Å². The van der Waals surface area contributed by atoms with Crippen molar-refractivity contribution in [3.8, 4) is 0 Å². The molecule has 24 heavy (non-hydrogen) atoms. The Morgan fingerprint density at radius 1 is 1.25 bits per heavy atom. The number of likely N-dealkylation sites (tertiary alicyclic amines) is 1. The van der Waals surface area contributed by atoms with Crippen LogP contribution < -0.4 is 5.32 Å². The molecule has 2 saturated heterocycles. The maximum Gasteiger partial charge on any atom is 0.243 e. The summed E-state index contributed by atoms with van der Waals surface area (Å²) >= 11 is 0. The molecule has 2 fully saturated rings. The Labute approximate surface area is 146 Å². The Morgan fingerprint density at radius 2 is 1.96 bits per heavy atom. The van der Waals surface area contributed by atoms with Gasteiger partial charge < -0.3 is 19.9 Å². The molecular weight excluding hydrogens is 304 g/mol. The number of carbonyl (C=O) groups is 1. The number of rotatable bonds is 4. The van der Waals surface area contributed by atoms with Gasteiger partial charge in [0.2, 0.25) is 5.91 Å². The first kappa shape index (κ1) is 19.0. The van der Waals surface area contributed by atoms with E-state index < -0.39 is 0 Å². The van der Waals surface area contributed by atoms with E-state index in [9.17, 15) is 4.79 Å². The van der Waals surface area contributed by atoms with Crippen LogP contribution in [0.15, 0.2) is 4.99 Å². The molecule has 0 aromatic rings. The Balaban J connectivity index is 1.99. The van der Waals surface area contributed by atoms with Crippen molar-refractivity contribution >= 4 is 11.9 Å². The lowest BCUT2D eigenvalue weighted by atomic mass is 9.92. The van der Waals surface area contributed by atoms with E-state index in [2.05, 4.69) is 29.1 Å². The van der Waals surface area contributed by atoms with Crippen molar-refractivity contribution in [2.24, 2.45) is 16.8 Å². The topological polar surface area (TPSA) is 57.2 Å². The van der Waals surface area contributed by atoms with E-state index in [0.717, 1.165) is 45.0 Å². The Hall–Kier alpha value is -1.30. The minimum Gasteiger partial charge on any atom is -0.376 e. The van der Waals surface area contributed by atoms with Crippen molar-refractivity contribution in [2.45, 2.75) is 45.6 Å². The predicted molar refractivity (Wildman–Crippen MR) is 97.1 cm³/mol. The minimum absolute atomic E-state index is 0.0290. The summed E-state index contributed by atoms with van der Waals surface area (Å²) in [5, 5.41) is 3.47. The van der Waals surface area contributed by atoms with Gasteiger partial charge in [0.05, 0.1) is 6.10 Å². The van der Waals surface area contributed by atoms with Gasteiger partial charge in [-0.1, -0.05) is 13.8 Å². The number of hydrogen-bond donors (Lipinski definition) is 1. The lowest BCUT2D eigenvalue weighted by molar-refractivity contribution is -0.127. The molecule has 2 heterocycles. The van der Waals surface area contributed by atoms with Gasteiger partial charge in [0.15, 0.2) is 5.96 Å². The monoisotopic (exact) mass is 338 g/mol. The number of piperidine rings is 1. The summed E-state index contributed by atoms with van der Waals surface area (Å²) in [5.74, 6) is 2.19. The third kappa shape index (κ3) is 5.96. The van der Waals surface area contributed by atoms with E-state index in [0.29, 0.717) is 11.8 Å². The molecule has 0 radical (unpaired) electrons. The van der Waals surface area contributed by atoms with Gasteiger partial charge in [-0.3, -0.25) is 4.79 Å². The summed E-state index contributed by atoms with van der Waals surface area (Å²) in [5.41, 5.74) is 0. The molecule has 0 aromatic carbocycles. The lowest BCUT2D eigenvalue weighted by Crippen LogP contribution is -2.50. The molecule has 138 valence electrons. The van der Waals surface area contributed by atoms with Crippen molar-refractivity contribution in [1.82, 2.24) is 15.1 Å². The predicted octanol–water partition coefficient (Wildman–Crippen LogP) is 1.57. The Bertz CT molecular complexity index is 423. The number of amides is 1. The average molecular weight is 338 g/mol. The molecule has 3 unspecified atom stereocenters. The molecule has 1 amide bonds. The fraction of sp³-hybridized carbons (Fsp3) is 0.889. The first-order chi connectivity index (χ1) is 11.5. The standard InChI is InChI=1S/C18H34N4O2/c1-14-9-15(2)13-22(12-14)18(20-11-17(23)21(3)4)19-10-16-7-5-6-8-24-16/h14-16H,5-13H2,1-4H3,(H,19,20). The zero-order valence-corrected chi connectivity index (χ0v) is 15.8. The van der Waals surface area contributed by atoms with Crippen molar-refractivity contribution < 1.29 is 9.53 Å². The number of guanidine groups is 1. The van der Waals surface area contributed by atoms with Gasteiger partial charge in [-0.15, -0.1) is 0 Å². The maximum atomic E-state index is 11.9. The summed E-state index contributed by atoms with van der Waals surface area (Å²) < 4.78 is 5.81. The number of hydrogen-bond acceptors (Lipinski definition) is 3. The summed E-state index contributed by atoms with van der Waals surface area (Å²) in [6.07, 6.45) is 5.01. The zero-order chi connectivity index (χ0) is 17.5. The molecule has 2 aliphatic heterocycles.